The molecular weight excluding hydrogens is 558 g/mol. The van der Waals surface area contributed by atoms with Gasteiger partial charge in [-0.25, -0.2) is 0 Å². The second-order valence-electron chi connectivity index (χ2n) is 2.27. The van der Waals surface area contributed by atoms with Crippen LogP contribution in [0.1, 0.15) is 0 Å². The van der Waals surface area contributed by atoms with Crippen LogP contribution in [0.5, 0.6) is 0 Å². The van der Waals surface area contributed by atoms with Crippen LogP contribution < -0.4 is 0 Å². The molecule has 68 valence electrons. The molecule has 3 rings (SSSR count). The van der Waals surface area contributed by atoms with Crippen LogP contribution >= 0.6 is 0 Å². The summed E-state index contributed by atoms with van der Waals surface area (Å²) in [6, 6.07) is 0. The predicted octanol–water partition coefficient (Wildman–Crippen LogP) is -0.647. The van der Waals surface area contributed by atoms with E-state index in [1.807, 2.05) is 13.5 Å². The Kier molecular flexibility index (Phi) is 3.78. The first-order chi connectivity index (χ1) is 6.43. The Balaban J connectivity index is 1.82. The zero-order valence-corrected chi connectivity index (χ0v) is 16.6. The standard InChI is InChI=1S/C7H4Se6/c1-2-9-4(8-1)7-12-5-6(13-7)11-3-10-5/h1-2H,3H2. The number of rotatable bonds is 0. The molecule has 0 bridgehead atoms. The summed E-state index contributed by atoms with van der Waals surface area (Å²) < 4.78 is 9.52. The van der Waals surface area contributed by atoms with Crippen molar-refractivity contribution in [1.82, 2.24) is 0 Å². The van der Waals surface area contributed by atoms with Crippen molar-refractivity contribution in [3.8, 4) is 0 Å². The van der Waals surface area contributed by atoms with E-state index >= 15 is 0 Å². The molecule has 0 aliphatic carbocycles. The second kappa shape index (κ2) is 4.68. The Morgan fingerprint density at radius 2 is 1.38 bits per heavy atom. The van der Waals surface area contributed by atoms with Gasteiger partial charge in [-0.3, -0.25) is 0 Å². The second-order valence-corrected chi connectivity index (χ2v) is 21.6. The Morgan fingerprint density at radius 3 is 2.00 bits per heavy atom. The SMILES string of the molecule is C1=C[Se]C(=C2[Se]C3=C([Se]C[Se]3)[Se]2)[Se]1. The van der Waals surface area contributed by atoms with E-state index in [-0.39, 0.29) is 0 Å². The third-order valence-corrected chi connectivity index (χ3v) is 27.1. The van der Waals surface area contributed by atoms with Crippen molar-refractivity contribution < 1.29 is 0 Å². The van der Waals surface area contributed by atoms with Gasteiger partial charge in [-0.2, -0.15) is 0 Å². The molecule has 0 aromatic carbocycles. The fourth-order valence-electron chi connectivity index (χ4n) is 0.972. The van der Waals surface area contributed by atoms with Crippen LogP contribution in [0.15, 0.2) is 23.4 Å². The van der Waals surface area contributed by atoms with E-state index in [4.69, 9.17) is 0 Å². The van der Waals surface area contributed by atoms with Crippen LogP contribution in [0.3, 0.4) is 0 Å². The van der Waals surface area contributed by atoms with Gasteiger partial charge in [0.05, 0.1) is 0 Å². The van der Waals surface area contributed by atoms with Gasteiger partial charge in [0, 0.05) is 0 Å². The van der Waals surface area contributed by atoms with E-state index < -0.39 is 0 Å². The Labute approximate surface area is 116 Å². The first-order valence-corrected chi connectivity index (χ1v) is 14.8. The van der Waals surface area contributed by atoms with Crippen LogP contribution in [0.2, 0.25) is 4.22 Å². The summed E-state index contributed by atoms with van der Waals surface area (Å²) in [5, 5.41) is 0. The van der Waals surface area contributed by atoms with Gasteiger partial charge < -0.3 is 0 Å². The number of hydrogen-bond acceptors (Lipinski definition) is 0. The van der Waals surface area contributed by atoms with Gasteiger partial charge in [0.25, 0.3) is 0 Å². The van der Waals surface area contributed by atoms with E-state index in [9.17, 15) is 0 Å². The molecule has 0 nitrogen and oxygen atoms in total. The summed E-state index contributed by atoms with van der Waals surface area (Å²) in [7, 11) is 0. The van der Waals surface area contributed by atoms with Crippen LogP contribution in [0.25, 0.3) is 0 Å². The van der Waals surface area contributed by atoms with Gasteiger partial charge in [0.1, 0.15) is 0 Å². The van der Waals surface area contributed by atoms with E-state index in [0.29, 0.717) is 0 Å². The zero-order valence-electron chi connectivity index (χ0n) is 6.31. The van der Waals surface area contributed by atoms with E-state index in [0.717, 1.165) is 89.7 Å². The fourth-order valence-corrected chi connectivity index (χ4v) is 33.0. The van der Waals surface area contributed by atoms with E-state index in [2.05, 4.69) is 9.95 Å². The van der Waals surface area contributed by atoms with Crippen molar-refractivity contribution in [3.63, 3.8) is 0 Å². The summed E-state index contributed by atoms with van der Waals surface area (Å²) in [6.45, 7) is 0. The molecule has 0 N–H and O–H groups in total. The van der Waals surface area contributed by atoms with Gasteiger partial charge in [0.2, 0.25) is 0 Å². The maximum absolute atomic E-state index is 2.45. The minimum absolute atomic E-state index is 0.790. The third-order valence-electron chi connectivity index (χ3n) is 1.49. The van der Waals surface area contributed by atoms with E-state index in [1.54, 1.807) is 4.22 Å². The summed E-state index contributed by atoms with van der Waals surface area (Å²) in [5.41, 5.74) is 0. The molecule has 0 saturated carbocycles. The molecule has 0 fully saturated rings. The zero-order chi connectivity index (χ0) is 8.67. The molecule has 0 spiro atoms. The Hall–Kier alpha value is 2.34. The topological polar surface area (TPSA) is 0 Å². The summed E-state index contributed by atoms with van der Waals surface area (Å²) in [5.74, 6) is 0. The van der Waals surface area contributed by atoms with Crippen LogP contribution in [0.4, 0.5) is 0 Å². The van der Waals surface area contributed by atoms with Crippen LogP contribution in [-0.4, -0.2) is 89.7 Å². The normalized spacial score (nSPS) is 26.5. The molecule has 3 heterocycles. The van der Waals surface area contributed by atoms with Gasteiger partial charge in [-0.15, -0.1) is 0 Å². The molecule has 0 aromatic heterocycles. The quantitative estimate of drug-likeness (QED) is 0.345. The number of hydrogen-bond donors (Lipinski definition) is 0. The van der Waals surface area contributed by atoms with Crippen LogP contribution in [-0.2, 0) is 0 Å². The average molecular weight is 562 g/mol. The van der Waals surface area contributed by atoms with Crippen molar-refractivity contribution in [1.29, 1.82) is 0 Å². The molecule has 0 atom stereocenters. The summed E-state index contributed by atoms with van der Waals surface area (Å²) in [6.07, 6.45) is 0. The molecule has 0 unspecified atom stereocenters. The Morgan fingerprint density at radius 1 is 0.769 bits per heavy atom. The van der Waals surface area contributed by atoms with Crippen molar-refractivity contribution in [2.75, 3.05) is 0 Å². The van der Waals surface area contributed by atoms with Crippen molar-refractivity contribution in [3.05, 3.63) is 23.4 Å². The summed E-state index contributed by atoms with van der Waals surface area (Å²) in [4.78, 5) is 4.89. The average Bonchev–Trinajstić information content (AvgIpc) is 2.78. The molecule has 3 aliphatic heterocycles. The monoisotopic (exact) mass is 568 g/mol. The molecule has 13 heavy (non-hydrogen) atoms. The van der Waals surface area contributed by atoms with Gasteiger partial charge >= 0.3 is 117 Å². The van der Waals surface area contributed by atoms with Crippen LogP contribution in [0, 0.1) is 0 Å². The Bertz CT molecular complexity index is 311. The molecule has 0 amide bonds. The van der Waals surface area contributed by atoms with Gasteiger partial charge in [-0.05, 0) is 0 Å². The minimum atomic E-state index is 0.790. The van der Waals surface area contributed by atoms with Gasteiger partial charge in [-0.1, -0.05) is 0 Å². The first-order valence-electron chi connectivity index (χ1n) is 3.52. The molecule has 0 aromatic rings. The summed E-state index contributed by atoms with van der Waals surface area (Å²) >= 11 is 5.25. The molecule has 0 saturated heterocycles. The van der Waals surface area contributed by atoms with E-state index in [1.165, 1.54) is 0 Å². The molecule has 0 radical (unpaired) electrons. The third kappa shape index (κ3) is 2.22. The fraction of sp³-hybridized carbons (Fsp3) is 0.143. The molecule has 3 aliphatic rings. The molecule has 6 heteroatoms. The van der Waals surface area contributed by atoms with Crippen molar-refractivity contribution in [2.24, 2.45) is 0 Å². The van der Waals surface area contributed by atoms with Crippen molar-refractivity contribution >= 4 is 89.7 Å². The molecular formula is C7H4Se6. The van der Waals surface area contributed by atoms with Gasteiger partial charge in [0.15, 0.2) is 0 Å². The first kappa shape index (κ1) is 10.5. The maximum atomic E-state index is 2.45. The van der Waals surface area contributed by atoms with Crippen molar-refractivity contribution in [2.45, 2.75) is 4.22 Å². The predicted molar refractivity (Wildman–Crippen MR) is 62.5 cm³/mol.